The van der Waals surface area contributed by atoms with Gasteiger partial charge in [0, 0.05) is 37.3 Å². The molecule has 5 nitrogen and oxygen atoms in total. The molecule has 1 fully saturated rings. The summed E-state index contributed by atoms with van der Waals surface area (Å²) in [4.78, 5) is 21.6. The topological polar surface area (TPSA) is 48.5 Å². The molecule has 25 heavy (non-hydrogen) atoms. The number of carbonyl (C=O) groups excluding carboxylic acids is 1. The maximum atomic E-state index is 12.6. The molecule has 1 aromatic heterocycles. The molecule has 1 aromatic carbocycles. The highest BCUT2D eigenvalue weighted by Gasteiger charge is 2.27. The first-order chi connectivity index (χ1) is 12.0. The molecule has 134 valence electrons. The molecule has 2 heterocycles. The zero-order valence-corrected chi connectivity index (χ0v) is 15.4. The average Bonchev–Trinajstić information content (AvgIpc) is 2.81. The van der Waals surface area contributed by atoms with Crippen LogP contribution in [0.25, 0.3) is 10.9 Å². The van der Waals surface area contributed by atoms with Crippen molar-refractivity contribution in [1.29, 1.82) is 0 Å². The first kappa shape index (κ1) is 17.8. The zero-order valence-electron chi connectivity index (χ0n) is 15.4. The van der Waals surface area contributed by atoms with Crippen LogP contribution in [0.4, 0.5) is 0 Å². The van der Waals surface area contributed by atoms with E-state index in [2.05, 4.69) is 53.4 Å². The summed E-state index contributed by atoms with van der Waals surface area (Å²) in [7, 11) is 6.34. The Kier molecular flexibility index (Phi) is 5.66. The number of hydrogen-bond acceptors (Lipinski definition) is 4. The van der Waals surface area contributed by atoms with Crippen molar-refractivity contribution in [3.05, 3.63) is 42.1 Å². The lowest BCUT2D eigenvalue weighted by atomic mass is 10.0. The Hall–Kier alpha value is -1.98. The van der Waals surface area contributed by atoms with Crippen LogP contribution in [0.3, 0.4) is 0 Å². The van der Waals surface area contributed by atoms with Gasteiger partial charge in [-0.1, -0.05) is 18.2 Å². The fourth-order valence-electron chi connectivity index (χ4n) is 3.57. The summed E-state index contributed by atoms with van der Waals surface area (Å²) in [5.41, 5.74) is 2.03. The third kappa shape index (κ3) is 4.55. The molecule has 0 saturated carbocycles. The second-order valence-corrected chi connectivity index (χ2v) is 7.37. The Labute approximate surface area is 150 Å². The van der Waals surface area contributed by atoms with Crippen LogP contribution in [-0.2, 0) is 11.3 Å². The molecule has 1 saturated heterocycles. The summed E-state index contributed by atoms with van der Waals surface area (Å²) in [6.07, 6.45) is 3.85. The number of para-hydroxylation sites is 1. The average molecular weight is 340 g/mol. The van der Waals surface area contributed by atoms with Gasteiger partial charge in [0.05, 0.1) is 11.4 Å². The van der Waals surface area contributed by atoms with Crippen LogP contribution in [0.15, 0.2) is 36.5 Å². The molecule has 5 heteroatoms. The predicted octanol–water partition coefficient (Wildman–Crippen LogP) is 2.12. The molecule has 2 aromatic rings. The monoisotopic (exact) mass is 340 g/mol. The smallest absolute Gasteiger partial charge is 0.224 e. The van der Waals surface area contributed by atoms with Gasteiger partial charge < -0.3 is 15.1 Å². The Bertz CT molecular complexity index is 730. The summed E-state index contributed by atoms with van der Waals surface area (Å²) in [5, 5.41) is 4.22. The molecule has 0 aliphatic carbocycles. The number of benzene rings is 1. The minimum absolute atomic E-state index is 0.0587. The van der Waals surface area contributed by atoms with E-state index in [1.165, 1.54) is 0 Å². The lowest BCUT2D eigenvalue weighted by molar-refractivity contribution is -0.125. The van der Waals surface area contributed by atoms with Crippen LogP contribution < -0.4 is 5.32 Å². The van der Waals surface area contributed by atoms with Crippen molar-refractivity contribution >= 4 is 16.8 Å². The van der Waals surface area contributed by atoms with Gasteiger partial charge in [0.1, 0.15) is 0 Å². The fraction of sp³-hybridized carbons (Fsp3) is 0.500. The minimum atomic E-state index is 0.0587. The molecule has 1 N–H and O–H groups in total. The molecule has 0 unspecified atom stereocenters. The summed E-state index contributed by atoms with van der Waals surface area (Å²) in [6.45, 7) is 2.38. The Morgan fingerprint density at radius 2 is 2.08 bits per heavy atom. The van der Waals surface area contributed by atoms with Crippen LogP contribution in [-0.4, -0.2) is 61.0 Å². The van der Waals surface area contributed by atoms with E-state index in [9.17, 15) is 4.79 Å². The maximum Gasteiger partial charge on any atom is 0.224 e. The van der Waals surface area contributed by atoms with Gasteiger partial charge in [-0.15, -0.1) is 0 Å². The number of fused-ring (bicyclic) bond motifs is 1. The van der Waals surface area contributed by atoms with Crippen LogP contribution in [0, 0.1) is 5.92 Å². The van der Waals surface area contributed by atoms with Gasteiger partial charge in [-0.25, -0.2) is 0 Å². The number of likely N-dealkylation sites (N-methyl/N-ethyl adjacent to an activating group) is 2. The summed E-state index contributed by atoms with van der Waals surface area (Å²) in [6, 6.07) is 10.7. The quantitative estimate of drug-likeness (QED) is 0.926. The first-order valence-electron chi connectivity index (χ1n) is 8.99. The molecule has 1 aliphatic rings. The SMILES string of the molecule is CN1C[C@H](C(=O)NCc2cnc3ccccc3c2)CC[C@H](N(C)C)C1. The molecule has 0 bridgehead atoms. The van der Waals surface area contributed by atoms with E-state index in [4.69, 9.17) is 0 Å². The van der Waals surface area contributed by atoms with Crippen molar-refractivity contribution in [3.63, 3.8) is 0 Å². The third-order valence-electron chi connectivity index (χ3n) is 5.12. The summed E-state index contributed by atoms with van der Waals surface area (Å²) in [5.74, 6) is 0.211. The highest BCUT2D eigenvalue weighted by Crippen LogP contribution is 2.19. The van der Waals surface area contributed by atoms with E-state index in [-0.39, 0.29) is 11.8 Å². The zero-order chi connectivity index (χ0) is 17.8. The molecule has 0 spiro atoms. The molecule has 3 rings (SSSR count). The number of hydrogen-bond donors (Lipinski definition) is 1. The first-order valence-corrected chi connectivity index (χ1v) is 8.99. The van der Waals surface area contributed by atoms with Crippen LogP contribution in [0.5, 0.6) is 0 Å². The molecular formula is C20H28N4O. The van der Waals surface area contributed by atoms with E-state index in [0.717, 1.165) is 42.4 Å². The van der Waals surface area contributed by atoms with Crippen molar-refractivity contribution in [2.24, 2.45) is 5.92 Å². The molecule has 0 radical (unpaired) electrons. The number of amides is 1. The largest absolute Gasteiger partial charge is 0.352 e. The van der Waals surface area contributed by atoms with Crippen molar-refractivity contribution < 1.29 is 4.79 Å². The van der Waals surface area contributed by atoms with Crippen molar-refractivity contribution in [2.45, 2.75) is 25.4 Å². The lowest BCUT2D eigenvalue weighted by Gasteiger charge is -2.25. The Balaban J connectivity index is 1.59. The van der Waals surface area contributed by atoms with Crippen LogP contribution >= 0.6 is 0 Å². The summed E-state index contributed by atoms with van der Waals surface area (Å²) >= 11 is 0. The second-order valence-electron chi connectivity index (χ2n) is 7.37. The molecular weight excluding hydrogens is 312 g/mol. The van der Waals surface area contributed by atoms with Gasteiger partial charge in [0.25, 0.3) is 0 Å². The maximum absolute atomic E-state index is 12.6. The number of aromatic nitrogens is 1. The molecule has 1 aliphatic heterocycles. The fourth-order valence-corrected chi connectivity index (χ4v) is 3.57. The molecule has 2 atom stereocenters. The van der Waals surface area contributed by atoms with E-state index in [1.807, 2.05) is 24.4 Å². The van der Waals surface area contributed by atoms with Crippen LogP contribution in [0.2, 0.25) is 0 Å². The number of rotatable bonds is 4. The number of nitrogens with zero attached hydrogens (tertiary/aromatic N) is 3. The normalized spacial score (nSPS) is 22.1. The number of likely N-dealkylation sites (tertiary alicyclic amines) is 1. The summed E-state index contributed by atoms with van der Waals surface area (Å²) < 4.78 is 0. The van der Waals surface area contributed by atoms with E-state index in [1.54, 1.807) is 0 Å². The predicted molar refractivity (Wildman–Crippen MR) is 101 cm³/mol. The lowest BCUT2D eigenvalue weighted by Crippen LogP contribution is -2.39. The van der Waals surface area contributed by atoms with Gasteiger partial charge in [-0.05, 0) is 51.7 Å². The van der Waals surface area contributed by atoms with E-state index in [0.29, 0.717) is 12.6 Å². The molecule has 1 amide bonds. The van der Waals surface area contributed by atoms with Gasteiger partial charge in [0.15, 0.2) is 0 Å². The third-order valence-corrected chi connectivity index (χ3v) is 5.12. The van der Waals surface area contributed by atoms with E-state index >= 15 is 0 Å². The van der Waals surface area contributed by atoms with Gasteiger partial charge in [-0.3, -0.25) is 9.78 Å². The van der Waals surface area contributed by atoms with Gasteiger partial charge in [-0.2, -0.15) is 0 Å². The number of nitrogens with one attached hydrogen (secondary N) is 1. The van der Waals surface area contributed by atoms with Crippen molar-refractivity contribution in [3.8, 4) is 0 Å². The van der Waals surface area contributed by atoms with Crippen LogP contribution in [0.1, 0.15) is 18.4 Å². The minimum Gasteiger partial charge on any atom is -0.352 e. The standard InChI is InChI=1S/C20H28N4O/c1-23(2)18-9-8-17(13-24(3)14-18)20(25)22-12-15-10-16-6-4-5-7-19(16)21-11-15/h4-7,10-11,17-18H,8-9,12-14H2,1-3H3,(H,22,25)/t17-,18+/m1/s1. The highest BCUT2D eigenvalue weighted by molar-refractivity contribution is 5.80. The van der Waals surface area contributed by atoms with Crippen molar-refractivity contribution in [1.82, 2.24) is 20.1 Å². The van der Waals surface area contributed by atoms with Crippen molar-refractivity contribution in [2.75, 3.05) is 34.2 Å². The van der Waals surface area contributed by atoms with E-state index < -0.39 is 0 Å². The Morgan fingerprint density at radius 3 is 2.88 bits per heavy atom. The van der Waals surface area contributed by atoms with Gasteiger partial charge >= 0.3 is 0 Å². The number of pyridine rings is 1. The Morgan fingerprint density at radius 1 is 1.28 bits per heavy atom. The van der Waals surface area contributed by atoms with Gasteiger partial charge in [0.2, 0.25) is 5.91 Å². The number of carbonyl (C=O) groups is 1. The highest BCUT2D eigenvalue weighted by atomic mass is 16.1. The second kappa shape index (κ2) is 7.93.